The zero-order valence-electron chi connectivity index (χ0n) is 14.1. The maximum absolute atomic E-state index is 12.9. The second-order valence-electron chi connectivity index (χ2n) is 6.13. The van der Waals surface area contributed by atoms with Gasteiger partial charge in [-0.1, -0.05) is 11.6 Å². The molecule has 1 aromatic carbocycles. The van der Waals surface area contributed by atoms with Crippen molar-refractivity contribution in [1.82, 2.24) is 20.1 Å². The molecule has 1 aliphatic heterocycles. The van der Waals surface area contributed by atoms with Crippen molar-refractivity contribution in [3.05, 3.63) is 29.5 Å². The highest BCUT2D eigenvalue weighted by molar-refractivity contribution is 6.33. The third kappa shape index (κ3) is 3.42. The first-order valence-corrected chi connectivity index (χ1v) is 8.57. The van der Waals surface area contributed by atoms with Crippen LogP contribution in [-0.2, 0) is 0 Å². The monoisotopic (exact) mass is 401 g/mol. The first kappa shape index (κ1) is 17.9. The molecule has 3 aromatic rings. The van der Waals surface area contributed by atoms with Gasteiger partial charge in [0, 0.05) is 38.1 Å². The van der Waals surface area contributed by atoms with E-state index >= 15 is 0 Å². The SMILES string of the molecule is C[C@H]1CNCCN1c1nc2c(OC(F)(F)F)c(Cl)cc(-n3cccn3)c2o1. The van der Waals surface area contributed by atoms with Gasteiger partial charge in [-0.05, 0) is 19.1 Å². The topological polar surface area (TPSA) is 68.3 Å². The van der Waals surface area contributed by atoms with Gasteiger partial charge in [0.05, 0.1) is 5.02 Å². The molecule has 0 unspecified atom stereocenters. The summed E-state index contributed by atoms with van der Waals surface area (Å²) in [5.41, 5.74) is 0.380. The summed E-state index contributed by atoms with van der Waals surface area (Å²) in [6, 6.07) is 3.26. The Balaban J connectivity index is 1.91. The number of hydrogen-bond donors (Lipinski definition) is 1. The Hall–Kier alpha value is -2.46. The summed E-state index contributed by atoms with van der Waals surface area (Å²) in [4.78, 5) is 6.17. The van der Waals surface area contributed by atoms with Gasteiger partial charge in [-0.25, -0.2) is 4.68 Å². The summed E-state index contributed by atoms with van der Waals surface area (Å²) in [7, 11) is 0. The molecule has 0 bridgehead atoms. The lowest BCUT2D eigenvalue weighted by molar-refractivity contribution is -0.274. The minimum atomic E-state index is -4.91. The molecule has 144 valence electrons. The molecule has 0 saturated carbocycles. The van der Waals surface area contributed by atoms with E-state index in [1.165, 1.54) is 16.9 Å². The normalized spacial score (nSPS) is 18.3. The van der Waals surface area contributed by atoms with Crippen molar-refractivity contribution in [2.24, 2.45) is 0 Å². The Kier molecular flexibility index (Phi) is 4.39. The average molecular weight is 402 g/mol. The summed E-state index contributed by atoms with van der Waals surface area (Å²) in [6.07, 6.45) is -1.74. The predicted octanol–water partition coefficient (Wildman–Crippen LogP) is 3.36. The zero-order valence-corrected chi connectivity index (χ0v) is 14.9. The molecule has 27 heavy (non-hydrogen) atoms. The molecule has 0 amide bonds. The van der Waals surface area contributed by atoms with Crippen LogP contribution in [0.25, 0.3) is 16.8 Å². The average Bonchev–Trinajstić information content (AvgIpc) is 3.26. The summed E-state index contributed by atoms with van der Waals surface area (Å²) in [5, 5.41) is 7.10. The van der Waals surface area contributed by atoms with Gasteiger partial charge in [0.25, 0.3) is 6.01 Å². The maximum Gasteiger partial charge on any atom is 0.573 e. The fourth-order valence-electron chi connectivity index (χ4n) is 3.04. The number of benzene rings is 1. The van der Waals surface area contributed by atoms with E-state index in [0.29, 0.717) is 25.3 Å². The Labute approximate surface area is 156 Å². The number of nitrogens with zero attached hydrogens (tertiary/aromatic N) is 4. The van der Waals surface area contributed by atoms with Gasteiger partial charge >= 0.3 is 6.36 Å². The molecule has 1 aliphatic rings. The summed E-state index contributed by atoms with van der Waals surface area (Å²) < 4.78 is 50.1. The van der Waals surface area contributed by atoms with Gasteiger partial charge in [0.2, 0.25) is 0 Å². The lowest BCUT2D eigenvalue weighted by Gasteiger charge is -2.32. The highest BCUT2D eigenvalue weighted by Crippen LogP contribution is 2.41. The van der Waals surface area contributed by atoms with Gasteiger partial charge in [-0.2, -0.15) is 10.1 Å². The molecule has 7 nitrogen and oxygen atoms in total. The molecule has 0 spiro atoms. The number of piperazine rings is 1. The highest BCUT2D eigenvalue weighted by atomic mass is 35.5. The number of rotatable bonds is 3. The quantitative estimate of drug-likeness (QED) is 0.725. The fourth-order valence-corrected chi connectivity index (χ4v) is 3.27. The third-order valence-electron chi connectivity index (χ3n) is 4.26. The molecule has 1 N–H and O–H groups in total. The predicted molar refractivity (Wildman–Crippen MR) is 92.5 cm³/mol. The number of hydrogen-bond acceptors (Lipinski definition) is 6. The minimum absolute atomic E-state index is 0.0578. The number of halogens is 4. The van der Waals surface area contributed by atoms with Gasteiger partial charge in [0.15, 0.2) is 16.8 Å². The van der Waals surface area contributed by atoms with Gasteiger partial charge in [0.1, 0.15) is 5.69 Å². The number of nitrogens with one attached hydrogen (secondary N) is 1. The van der Waals surface area contributed by atoms with Crippen molar-refractivity contribution in [3.63, 3.8) is 0 Å². The lowest BCUT2D eigenvalue weighted by Crippen LogP contribution is -2.50. The number of alkyl halides is 3. The van der Waals surface area contributed by atoms with Gasteiger partial charge in [-0.3, -0.25) is 0 Å². The number of aromatic nitrogens is 3. The number of ether oxygens (including phenoxy) is 1. The molecule has 4 rings (SSSR count). The number of oxazole rings is 1. The largest absolute Gasteiger partial charge is 0.573 e. The van der Waals surface area contributed by atoms with Crippen LogP contribution in [0.5, 0.6) is 5.75 Å². The molecule has 3 heterocycles. The Morgan fingerprint density at radius 2 is 2.22 bits per heavy atom. The fraction of sp³-hybridized carbons (Fsp3) is 0.375. The molecule has 0 radical (unpaired) electrons. The van der Waals surface area contributed by atoms with Crippen molar-refractivity contribution in [3.8, 4) is 11.4 Å². The van der Waals surface area contributed by atoms with Crippen LogP contribution < -0.4 is 15.0 Å². The molecule has 2 aromatic heterocycles. The highest BCUT2D eigenvalue weighted by Gasteiger charge is 2.35. The van der Waals surface area contributed by atoms with Crippen molar-refractivity contribution in [2.45, 2.75) is 19.3 Å². The molecule has 1 fully saturated rings. The summed E-state index contributed by atoms with van der Waals surface area (Å²) in [5.74, 6) is -0.590. The van der Waals surface area contributed by atoms with E-state index < -0.39 is 12.1 Å². The first-order valence-electron chi connectivity index (χ1n) is 8.19. The van der Waals surface area contributed by atoms with Crippen LogP contribution in [0.4, 0.5) is 19.2 Å². The van der Waals surface area contributed by atoms with E-state index in [-0.39, 0.29) is 28.2 Å². The van der Waals surface area contributed by atoms with Crippen molar-refractivity contribution in [2.75, 3.05) is 24.5 Å². The number of anilines is 1. The second kappa shape index (κ2) is 6.61. The third-order valence-corrected chi connectivity index (χ3v) is 4.54. The van der Waals surface area contributed by atoms with E-state index in [9.17, 15) is 13.2 Å². The second-order valence-corrected chi connectivity index (χ2v) is 6.53. The smallest absolute Gasteiger partial charge is 0.421 e. The van der Waals surface area contributed by atoms with Crippen LogP contribution in [-0.4, -0.2) is 46.8 Å². The summed E-state index contributed by atoms with van der Waals surface area (Å²) in [6.45, 7) is 3.99. The van der Waals surface area contributed by atoms with E-state index in [0.717, 1.165) is 0 Å². The van der Waals surface area contributed by atoms with Crippen molar-refractivity contribution < 1.29 is 22.3 Å². The Morgan fingerprint density at radius 3 is 2.89 bits per heavy atom. The van der Waals surface area contributed by atoms with Crippen LogP contribution in [0.1, 0.15) is 6.92 Å². The van der Waals surface area contributed by atoms with Crippen LogP contribution in [0.3, 0.4) is 0 Å². The molecule has 1 atom stereocenters. The molecular formula is C16H15ClF3N5O2. The lowest BCUT2D eigenvalue weighted by atomic mass is 10.2. The number of fused-ring (bicyclic) bond motifs is 1. The minimum Gasteiger partial charge on any atom is -0.421 e. The van der Waals surface area contributed by atoms with E-state index in [1.807, 2.05) is 11.8 Å². The van der Waals surface area contributed by atoms with Crippen LogP contribution in [0.15, 0.2) is 28.9 Å². The zero-order chi connectivity index (χ0) is 19.2. The maximum atomic E-state index is 12.9. The van der Waals surface area contributed by atoms with Crippen LogP contribution >= 0.6 is 11.6 Å². The van der Waals surface area contributed by atoms with Crippen LogP contribution in [0.2, 0.25) is 5.02 Å². The van der Waals surface area contributed by atoms with E-state index in [1.54, 1.807) is 12.3 Å². The Morgan fingerprint density at radius 1 is 1.41 bits per heavy atom. The van der Waals surface area contributed by atoms with Crippen molar-refractivity contribution >= 4 is 28.7 Å². The van der Waals surface area contributed by atoms with Gasteiger partial charge in [-0.15, -0.1) is 13.2 Å². The standard InChI is InChI=1S/C16H15ClF3N5O2/c1-9-8-21-4-6-24(9)15-23-12-13(27-16(18,19)20)10(17)7-11(14(12)26-15)25-5-2-3-22-25/h2-3,5,7,9,21H,4,6,8H2,1H3/t9-/m0/s1. The van der Waals surface area contributed by atoms with E-state index in [4.69, 9.17) is 16.0 Å². The molecule has 11 heteroatoms. The van der Waals surface area contributed by atoms with Crippen LogP contribution in [0, 0.1) is 0 Å². The van der Waals surface area contributed by atoms with Crippen molar-refractivity contribution in [1.29, 1.82) is 0 Å². The first-order chi connectivity index (χ1) is 12.8. The summed E-state index contributed by atoms with van der Waals surface area (Å²) >= 11 is 6.08. The van der Waals surface area contributed by atoms with Gasteiger partial charge < -0.3 is 19.4 Å². The Bertz CT molecular complexity index is 957. The molecular weight excluding hydrogens is 387 g/mol. The molecule has 1 saturated heterocycles. The molecule has 0 aliphatic carbocycles. The van der Waals surface area contributed by atoms with E-state index in [2.05, 4.69) is 20.1 Å².